The molecule has 0 spiro atoms. The van der Waals surface area contributed by atoms with E-state index in [1.54, 1.807) is 11.8 Å². The first kappa shape index (κ1) is 14.6. The Morgan fingerprint density at radius 3 is 2.95 bits per heavy atom. The summed E-state index contributed by atoms with van der Waals surface area (Å²) in [6, 6.07) is 8.46. The molecule has 0 saturated heterocycles. The Bertz CT molecular complexity index is 608. The molecule has 0 bridgehead atoms. The van der Waals surface area contributed by atoms with Crippen LogP contribution in [0.15, 0.2) is 34.3 Å². The highest BCUT2D eigenvalue weighted by Crippen LogP contribution is 2.33. The molecule has 1 aromatic heterocycles. The highest BCUT2D eigenvalue weighted by atomic mass is 32.2. The third-order valence-corrected chi connectivity index (χ3v) is 5.11. The number of aryl methyl sites for hydroxylation is 1. The minimum atomic E-state index is 0.0835. The molecule has 112 valence electrons. The summed E-state index contributed by atoms with van der Waals surface area (Å²) in [5, 5.41) is 9.77. The lowest BCUT2D eigenvalue weighted by Gasteiger charge is -2.14. The van der Waals surface area contributed by atoms with E-state index in [1.165, 1.54) is 29.7 Å². The molecule has 0 aliphatic carbocycles. The van der Waals surface area contributed by atoms with Crippen molar-refractivity contribution in [3.8, 4) is 0 Å². The van der Waals surface area contributed by atoms with Crippen LogP contribution in [0.25, 0.3) is 0 Å². The maximum Gasteiger partial charge on any atom is 0.196 e. The van der Waals surface area contributed by atoms with Gasteiger partial charge in [0.15, 0.2) is 5.16 Å². The third kappa shape index (κ3) is 3.14. The summed E-state index contributed by atoms with van der Waals surface area (Å²) >= 11 is 1.70. The molecule has 1 aliphatic heterocycles. The Morgan fingerprint density at radius 1 is 1.24 bits per heavy atom. The molecule has 21 heavy (non-hydrogen) atoms. The first-order valence-corrected chi connectivity index (χ1v) is 8.55. The summed E-state index contributed by atoms with van der Waals surface area (Å²) in [4.78, 5) is 1.20. The summed E-state index contributed by atoms with van der Waals surface area (Å²) in [5.74, 6) is 1.13. The largest absolute Gasteiger partial charge is 0.324 e. The highest BCUT2D eigenvalue weighted by molar-refractivity contribution is 7.99. The Hall–Kier alpha value is -1.33. The molecule has 5 heteroatoms. The van der Waals surface area contributed by atoms with Crippen molar-refractivity contribution >= 4 is 11.8 Å². The minimum absolute atomic E-state index is 0.0835. The number of nitrogens with two attached hydrogens (primary N) is 1. The van der Waals surface area contributed by atoms with Gasteiger partial charge in [-0.15, -0.1) is 10.2 Å². The number of aromatic nitrogens is 3. The van der Waals surface area contributed by atoms with Crippen molar-refractivity contribution in [2.75, 3.05) is 0 Å². The smallest absolute Gasteiger partial charge is 0.196 e. The molecule has 1 aliphatic rings. The van der Waals surface area contributed by atoms with Crippen LogP contribution >= 0.6 is 11.8 Å². The van der Waals surface area contributed by atoms with Crippen LogP contribution in [0.2, 0.25) is 0 Å². The number of hydrogen-bond acceptors (Lipinski definition) is 4. The summed E-state index contributed by atoms with van der Waals surface area (Å²) in [6.45, 7) is 3.15. The van der Waals surface area contributed by atoms with Crippen LogP contribution in [0.5, 0.6) is 0 Å². The van der Waals surface area contributed by atoms with Crippen LogP contribution in [0, 0.1) is 0 Å². The maximum absolute atomic E-state index is 6.23. The van der Waals surface area contributed by atoms with Crippen molar-refractivity contribution in [3.63, 3.8) is 0 Å². The zero-order valence-corrected chi connectivity index (χ0v) is 13.3. The average molecular weight is 302 g/mol. The lowest BCUT2D eigenvalue weighted by molar-refractivity contribution is 0.590. The van der Waals surface area contributed by atoms with Crippen molar-refractivity contribution in [1.29, 1.82) is 0 Å². The van der Waals surface area contributed by atoms with Crippen molar-refractivity contribution in [2.24, 2.45) is 5.73 Å². The average Bonchev–Trinajstić information content (AvgIpc) is 2.74. The van der Waals surface area contributed by atoms with E-state index in [1.807, 2.05) is 0 Å². The Labute approximate surface area is 130 Å². The molecule has 1 atom stereocenters. The molecule has 0 amide bonds. The van der Waals surface area contributed by atoms with E-state index in [-0.39, 0.29) is 6.04 Å². The second kappa shape index (κ2) is 6.62. The van der Waals surface area contributed by atoms with Crippen LogP contribution < -0.4 is 5.73 Å². The predicted molar refractivity (Wildman–Crippen MR) is 85.4 cm³/mol. The Kier molecular flexibility index (Phi) is 4.60. The second-order valence-corrected chi connectivity index (χ2v) is 6.52. The molecule has 0 radical (unpaired) electrons. The molecule has 1 aromatic carbocycles. The fourth-order valence-corrected chi connectivity index (χ4v) is 3.80. The van der Waals surface area contributed by atoms with Crippen LogP contribution in [-0.2, 0) is 13.0 Å². The van der Waals surface area contributed by atoms with Gasteiger partial charge in [0.05, 0.1) is 0 Å². The lowest BCUT2D eigenvalue weighted by atomic mass is 10.1. The molecule has 2 aromatic rings. The summed E-state index contributed by atoms with van der Waals surface area (Å²) in [5.41, 5.74) is 7.44. The Morgan fingerprint density at radius 2 is 2.10 bits per heavy atom. The van der Waals surface area contributed by atoms with Crippen molar-refractivity contribution in [2.45, 2.75) is 61.7 Å². The van der Waals surface area contributed by atoms with E-state index in [4.69, 9.17) is 5.73 Å². The van der Waals surface area contributed by atoms with E-state index in [0.717, 1.165) is 30.4 Å². The number of nitrogens with zero attached hydrogens (tertiary/aromatic N) is 3. The van der Waals surface area contributed by atoms with Crippen molar-refractivity contribution in [3.05, 3.63) is 35.7 Å². The fourth-order valence-electron chi connectivity index (χ4n) is 2.73. The van der Waals surface area contributed by atoms with Gasteiger partial charge in [0.25, 0.3) is 0 Å². The lowest BCUT2D eigenvalue weighted by Crippen LogP contribution is -2.10. The van der Waals surface area contributed by atoms with Gasteiger partial charge in [-0.3, -0.25) is 0 Å². The molecule has 4 nitrogen and oxygen atoms in total. The van der Waals surface area contributed by atoms with Crippen molar-refractivity contribution < 1.29 is 0 Å². The van der Waals surface area contributed by atoms with E-state index in [9.17, 15) is 0 Å². The van der Waals surface area contributed by atoms with Gasteiger partial charge in [0.2, 0.25) is 0 Å². The quantitative estimate of drug-likeness (QED) is 0.938. The summed E-state index contributed by atoms with van der Waals surface area (Å²) in [6.07, 6.45) is 5.71. The highest BCUT2D eigenvalue weighted by Gasteiger charge is 2.17. The van der Waals surface area contributed by atoms with E-state index in [0.29, 0.717) is 0 Å². The molecule has 2 N–H and O–H groups in total. The van der Waals surface area contributed by atoms with E-state index in [2.05, 4.69) is 46.0 Å². The molecule has 0 saturated carbocycles. The van der Waals surface area contributed by atoms with Crippen LogP contribution in [0.4, 0.5) is 0 Å². The zero-order chi connectivity index (χ0) is 14.7. The van der Waals surface area contributed by atoms with Gasteiger partial charge >= 0.3 is 0 Å². The topological polar surface area (TPSA) is 56.7 Å². The number of benzene rings is 1. The predicted octanol–water partition coefficient (Wildman–Crippen LogP) is 3.57. The summed E-state index contributed by atoms with van der Waals surface area (Å²) in [7, 11) is 0. The van der Waals surface area contributed by atoms with Gasteiger partial charge in [-0.1, -0.05) is 31.5 Å². The van der Waals surface area contributed by atoms with Crippen LogP contribution in [0.3, 0.4) is 0 Å². The molecular weight excluding hydrogens is 280 g/mol. The second-order valence-electron chi connectivity index (χ2n) is 5.52. The van der Waals surface area contributed by atoms with Gasteiger partial charge in [-0.05, 0) is 42.7 Å². The summed E-state index contributed by atoms with van der Waals surface area (Å²) < 4.78 is 2.28. The standard InChI is InChI=1S/C16H22N4S/c1-2-13(17)12-8-5-6-9-14(12)21-16-19-18-15-10-4-3-7-11-20(15)16/h5-6,8-9,13H,2-4,7,10-11,17H2,1H3. The van der Waals surface area contributed by atoms with Crippen LogP contribution in [-0.4, -0.2) is 14.8 Å². The fraction of sp³-hybridized carbons (Fsp3) is 0.500. The molecular formula is C16H22N4S. The molecule has 3 rings (SSSR count). The number of hydrogen-bond donors (Lipinski definition) is 1. The maximum atomic E-state index is 6.23. The van der Waals surface area contributed by atoms with Gasteiger partial charge < -0.3 is 10.3 Å². The Balaban J connectivity index is 1.89. The van der Waals surface area contributed by atoms with E-state index >= 15 is 0 Å². The van der Waals surface area contributed by atoms with Gasteiger partial charge in [-0.2, -0.15) is 0 Å². The van der Waals surface area contributed by atoms with Crippen molar-refractivity contribution in [1.82, 2.24) is 14.8 Å². The van der Waals surface area contributed by atoms with Crippen LogP contribution in [0.1, 0.15) is 50.0 Å². The molecule has 1 unspecified atom stereocenters. The number of rotatable bonds is 4. The van der Waals surface area contributed by atoms with Gasteiger partial charge in [0.1, 0.15) is 5.82 Å². The molecule has 0 fully saturated rings. The van der Waals surface area contributed by atoms with Gasteiger partial charge in [-0.25, -0.2) is 0 Å². The SMILES string of the molecule is CCC(N)c1ccccc1Sc1nnc2n1CCCCC2. The first-order valence-electron chi connectivity index (χ1n) is 7.74. The van der Waals surface area contributed by atoms with E-state index < -0.39 is 0 Å². The third-order valence-electron chi connectivity index (χ3n) is 4.04. The normalized spacial score (nSPS) is 16.3. The van der Waals surface area contributed by atoms with Gasteiger partial charge in [0, 0.05) is 23.9 Å². The minimum Gasteiger partial charge on any atom is -0.324 e. The zero-order valence-electron chi connectivity index (χ0n) is 12.5. The molecule has 2 heterocycles. The first-order chi connectivity index (χ1) is 10.3. The monoisotopic (exact) mass is 302 g/mol. The number of fused-ring (bicyclic) bond motifs is 1.